The number of carbonyl (C=O) groups excluding carboxylic acids is 1. The smallest absolute Gasteiger partial charge is 0.403 e. The van der Waals surface area contributed by atoms with E-state index in [-0.39, 0.29) is 29.7 Å². The Morgan fingerprint density at radius 1 is 1.32 bits per heavy atom. The van der Waals surface area contributed by atoms with E-state index in [1.54, 1.807) is 0 Å². The summed E-state index contributed by atoms with van der Waals surface area (Å²) >= 11 is 5.90. The summed E-state index contributed by atoms with van der Waals surface area (Å²) in [6.45, 7) is -0.937. The topological polar surface area (TPSA) is 84.9 Å². The van der Waals surface area contributed by atoms with E-state index in [1.165, 1.54) is 18.2 Å². The first-order chi connectivity index (χ1) is 11.7. The Bertz CT molecular complexity index is 659. The third-order valence-electron chi connectivity index (χ3n) is 3.86. The second kappa shape index (κ2) is 7.49. The van der Waals surface area contributed by atoms with Crippen molar-refractivity contribution in [1.82, 2.24) is 0 Å². The molecule has 1 aromatic carbocycles. The van der Waals surface area contributed by atoms with Gasteiger partial charge in [0.15, 0.2) is 6.61 Å². The number of carbonyl (C=O) groups is 2. The Morgan fingerprint density at radius 3 is 2.48 bits per heavy atom. The lowest BCUT2D eigenvalue weighted by atomic mass is 9.78. The number of alkyl halides is 3. The lowest BCUT2D eigenvalue weighted by Gasteiger charge is -2.37. The molecular formula is C15H15ClF3NO5. The molecule has 0 unspecified atom stereocenters. The fourth-order valence-electron chi connectivity index (χ4n) is 2.45. The van der Waals surface area contributed by atoms with Crippen LogP contribution in [0, 0.1) is 5.41 Å². The summed E-state index contributed by atoms with van der Waals surface area (Å²) in [7, 11) is 0. The number of amides is 1. The standard InChI is InChI=1S/C15H15ClF3NO5/c16-10-7-9(1-2-11(10)25-8-12(21)22)20-13(23)14(15(17,18)19)3-5-24-6-4-14/h1-2,7H,3-6,8H2,(H,20,23)(H,21,22). The van der Waals surface area contributed by atoms with E-state index in [0.717, 1.165) is 0 Å². The van der Waals surface area contributed by atoms with Crippen molar-refractivity contribution < 1.29 is 37.3 Å². The van der Waals surface area contributed by atoms with Crippen LogP contribution in [0.5, 0.6) is 5.75 Å². The van der Waals surface area contributed by atoms with Crippen molar-refractivity contribution in [3.05, 3.63) is 23.2 Å². The molecule has 1 heterocycles. The van der Waals surface area contributed by atoms with E-state index in [0.29, 0.717) is 0 Å². The molecule has 0 aliphatic carbocycles. The van der Waals surface area contributed by atoms with Gasteiger partial charge < -0.3 is 19.9 Å². The molecule has 0 saturated carbocycles. The van der Waals surface area contributed by atoms with E-state index in [2.05, 4.69) is 5.32 Å². The number of ether oxygens (including phenoxy) is 2. The van der Waals surface area contributed by atoms with E-state index >= 15 is 0 Å². The summed E-state index contributed by atoms with van der Waals surface area (Å²) < 4.78 is 50.2. The number of carboxylic acid groups (broad SMARTS) is 1. The molecule has 1 saturated heterocycles. The average molecular weight is 382 g/mol. The van der Waals surface area contributed by atoms with E-state index in [9.17, 15) is 22.8 Å². The summed E-state index contributed by atoms with van der Waals surface area (Å²) in [5.41, 5.74) is -2.47. The Balaban J connectivity index is 2.16. The van der Waals surface area contributed by atoms with Gasteiger partial charge >= 0.3 is 12.1 Å². The normalized spacial score (nSPS) is 17.0. The minimum atomic E-state index is -4.71. The number of hydrogen-bond acceptors (Lipinski definition) is 4. The van der Waals surface area contributed by atoms with Gasteiger partial charge in [0.05, 0.1) is 5.02 Å². The van der Waals surface area contributed by atoms with Gasteiger partial charge in [-0.1, -0.05) is 11.6 Å². The molecule has 0 bridgehead atoms. The zero-order chi connectivity index (χ0) is 18.7. The molecule has 1 aromatic rings. The highest BCUT2D eigenvalue weighted by molar-refractivity contribution is 6.32. The molecule has 1 aliphatic rings. The maximum Gasteiger partial charge on any atom is 0.403 e. The predicted molar refractivity (Wildman–Crippen MR) is 81.8 cm³/mol. The molecule has 138 valence electrons. The lowest BCUT2D eigenvalue weighted by molar-refractivity contribution is -0.237. The first-order valence-electron chi connectivity index (χ1n) is 7.26. The third-order valence-corrected chi connectivity index (χ3v) is 4.16. The van der Waals surface area contributed by atoms with Crippen LogP contribution in [0.1, 0.15) is 12.8 Å². The lowest BCUT2D eigenvalue weighted by Crippen LogP contribution is -2.51. The van der Waals surface area contributed by atoms with E-state index < -0.39 is 42.9 Å². The van der Waals surface area contributed by atoms with Crippen LogP contribution in [0.3, 0.4) is 0 Å². The fraction of sp³-hybridized carbons (Fsp3) is 0.467. The molecule has 0 aromatic heterocycles. The van der Waals surface area contributed by atoms with E-state index in [1.807, 2.05) is 0 Å². The van der Waals surface area contributed by atoms with Crippen LogP contribution in [0.15, 0.2) is 18.2 Å². The quantitative estimate of drug-likeness (QED) is 0.818. The van der Waals surface area contributed by atoms with Crippen molar-refractivity contribution in [3.8, 4) is 5.75 Å². The Kier molecular flexibility index (Phi) is 5.79. The third kappa shape index (κ3) is 4.35. The Morgan fingerprint density at radius 2 is 1.96 bits per heavy atom. The highest BCUT2D eigenvalue weighted by Crippen LogP contribution is 2.46. The second-order valence-corrected chi connectivity index (χ2v) is 5.88. The van der Waals surface area contributed by atoms with Crippen LogP contribution in [0.4, 0.5) is 18.9 Å². The maximum atomic E-state index is 13.5. The predicted octanol–water partition coefficient (Wildman–Crippen LogP) is 3.10. The molecule has 10 heteroatoms. The average Bonchev–Trinajstić information content (AvgIpc) is 2.53. The van der Waals surface area contributed by atoms with Crippen LogP contribution in [0.25, 0.3) is 0 Å². The SMILES string of the molecule is O=C(O)COc1ccc(NC(=O)C2(C(F)(F)F)CCOCC2)cc1Cl. The number of aliphatic carboxylic acids is 1. The van der Waals surface area contributed by atoms with Gasteiger partial charge in [-0.2, -0.15) is 13.2 Å². The molecule has 1 amide bonds. The van der Waals surface area contributed by atoms with Gasteiger partial charge in [-0.3, -0.25) is 4.79 Å². The number of rotatable bonds is 5. The van der Waals surface area contributed by atoms with Crippen LogP contribution in [-0.2, 0) is 14.3 Å². The minimum absolute atomic E-state index is 0.0351. The van der Waals surface area contributed by atoms with Gasteiger partial charge in [0.25, 0.3) is 0 Å². The summed E-state index contributed by atoms with van der Waals surface area (Å²) in [6.07, 6.45) is -5.64. The molecule has 0 radical (unpaired) electrons. The number of hydrogen-bond donors (Lipinski definition) is 2. The number of benzene rings is 1. The van der Waals surface area contributed by atoms with Gasteiger partial charge in [0, 0.05) is 18.9 Å². The summed E-state index contributed by atoms with van der Waals surface area (Å²) in [5, 5.41) is 10.7. The van der Waals surface area contributed by atoms with Crippen molar-refractivity contribution >= 4 is 29.2 Å². The van der Waals surface area contributed by atoms with Crippen molar-refractivity contribution in [2.75, 3.05) is 25.1 Å². The van der Waals surface area contributed by atoms with Crippen molar-refractivity contribution in [2.24, 2.45) is 5.41 Å². The highest BCUT2D eigenvalue weighted by atomic mass is 35.5. The number of anilines is 1. The van der Waals surface area contributed by atoms with Crippen LogP contribution >= 0.6 is 11.6 Å². The molecule has 2 rings (SSSR count). The molecule has 25 heavy (non-hydrogen) atoms. The van der Waals surface area contributed by atoms with E-state index in [4.69, 9.17) is 26.2 Å². The van der Waals surface area contributed by atoms with Gasteiger partial charge in [0.1, 0.15) is 11.2 Å². The summed E-state index contributed by atoms with van der Waals surface area (Å²) in [4.78, 5) is 22.8. The van der Waals surface area contributed by atoms with Crippen molar-refractivity contribution in [3.63, 3.8) is 0 Å². The number of halogens is 4. The largest absolute Gasteiger partial charge is 0.480 e. The zero-order valence-corrected chi connectivity index (χ0v) is 13.6. The Labute approximate surface area is 145 Å². The van der Waals surface area contributed by atoms with Crippen molar-refractivity contribution in [1.29, 1.82) is 0 Å². The zero-order valence-electron chi connectivity index (χ0n) is 12.9. The monoisotopic (exact) mass is 381 g/mol. The highest BCUT2D eigenvalue weighted by Gasteiger charge is 2.60. The van der Waals surface area contributed by atoms with Crippen LogP contribution < -0.4 is 10.1 Å². The Hall–Kier alpha value is -2.00. The van der Waals surface area contributed by atoms with Gasteiger partial charge in [-0.15, -0.1) is 0 Å². The van der Waals surface area contributed by atoms with Gasteiger partial charge in [-0.05, 0) is 31.0 Å². The molecule has 1 aliphatic heterocycles. The molecule has 0 atom stereocenters. The molecular weight excluding hydrogens is 367 g/mol. The summed E-state index contributed by atoms with van der Waals surface area (Å²) in [5.74, 6) is -2.35. The molecule has 0 spiro atoms. The van der Waals surface area contributed by atoms with Crippen molar-refractivity contribution in [2.45, 2.75) is 19.0 Å². The van der Waals surface area contributed by atoms with Gasteiger partial charge in [-0.25, -0.2) is 4.79 Å². The summed E-state index contributed by atoms with van der Waals surface area (Å²) in [6, 6.07) is 3.75. The molecule has 6 nitrogen and oxygen atoms in total. The first kappa shape index (κ1) is 19.3. The molecule has 2 N–H and O–H groups in total. The van der Waals surface area contributed by atoms with Gasteiger partial charge in [0.2, 0.25) is 5.91 Å². The van der Waals surface area contributed by atoms with Crippen LogP contribution in [-0.4, -0.2) is 43.0 Å². The second-order valence-electron chi connectivity index (χ2n) is 5.47. The first-order valence-corrected chi connectivity index (χ1v) is 7.63. The maximum absolute atomic E-state index is 13.5. The fourth-order valence-corrected chi connectivity index (χ4v) is 2.68. The van der Waals surface area contributed by atoms with Crippen LogP contribution in [0.2, 0.25) is 5.02 Å². The molecule has 1 fully saturated rings. The number of carboxylic acids is 1. The number of nitrogens with one attached hydrogen (secondary N) is 1. The minimum Gasteiger partial charge on any atom is -0.480 e.